The standard InChI is InChI=1S/C22H21F3N2O4/c1-2-27-19-12-16(8-9-17(19)18(13-21(27)29)22(23,24)25)31-14-20(28)26-10-11-30-15-6-4-3-5-7-15/h3-9,12-13H,2,10-11,14H2,1H3,(H,26,28). The number of benzene rings is 2. The highest BCUT2D eigenvalue weighted by atomic mass is 19.4. The van der Waals surface area contributed by atoms with Gasteiger partial charge in [0.15, 0.2) is 6.61 Å². The average molecular weight is 434 g/mol. The van der Waals surface area contributed by atoms with Crippen molar-refractivity contribution in [2.45, 2.75) is 19.6 Å². The molecule has 0 aliphatic rings. The van der Waals surface area contributed by atoms with Crippen LogP contribution in [0.1, 0.15) is 12.5 Å². The van der Waals surface area contributed by atoms with Crippen molar-refractivity contribution >= 4 is 16.8 Å². The molecule has 3 aromatic rings. The number of nitrogens with zero attached hydrogens (tertiary/aromatic N) is 1. The minimum absolute atomic E-state index is 0.0940. The molecule has 0 unspecified atom stereocenters. The summed E-state index contributed by atoms with van der Waals surface area (Å²) in [5, 5.41) is 2.52. The van der Waals surface area contributed by atoms with Gasteiger partial charge >= 0.3 is 6.18 Å². The van der Waals surface area contributed by atoms with Gasteiger partial charge in [0.2, 0.25) is 0 Å². The number of amides is 1. The summed E-state index contributed by atoms with van der Waals surface area (Å²) in [5.74, 6) is 0.460. The van der Waals surface area contributed by atoms with E-state index in [-0.39, 0.29) is 43.0 Å². The number of ether oxygens (including phenoxy) is 2. The Morgan fingerprint density at radius 2 is 1.77 bits per heavy atom. The van der Waals surface area contributed by atoms with Gasteiger partial charge in [0.1, 0.15) is 18.1 Å². The van der Waals surface area contributed by atoms with Crippen molar-refractivity contribution in [1.29, 1.82) is 0 Å². The van der Waals surface area contributed by atoms with E-state index in [0.717, 1.165) is 0 Å². The van der Waals surface area contributed by atoms with E-state index in [9.17, 15) is 22.8 Å². The van der Waals surface area contributed by atoms with Gasteiger partial charge in [-0.3, -0.25) is 9.59 Å². The van der Waals surface area contributed by atoms with E-state index in [4.69, 9.17) is 9.47 Å². The van der Waals surface area contributed by atoms with Gasteiger partial charge in [-0.05, 0) is 31.2 Å². The summed E-state index contributed by atoms with van der Waals surface area (Å²) in [5.41, 5.74) is -1.66. The monoisotopic (exact) mass is 434 g/mol. The first-order chi connectivity index (χ1) is 14.8. The van der Waals surface area contributed by atoms with Crippen LogP contribution in [-0.2, 0) is 17.5 Å². The molecular formula is C22H21F3N2O4. The number of halogens is 3. The van der Waals surface area contributed by atoms with Gasteiger partial charge in [0.05, 0.1) is 17.6 Å². The van der Waals surface area contributed by atoms with Crippen LogP contribution in [0.5, 0.6) is 11.5 Å². The van der Waals surface area contributed by atoms with Crippen LogP contribution in [0, 0.1) is 0 Å². The molecule has 0 atom stereocenters. The van der Waals surface area contributed by atoms with Gasteiger partial charge in [-0.15, -0.1) is 0 Å². The molecule has 1 amide bonds. The molecule has 9 heteroatoms. The first-order valence-corrected chi connectivity index (χ1v) is 9.61. The number of nitrogens with one attached hydrogen (secondary N) is 1. The largest absolute Gasteiger partial charge is 0.492 e. The molecule has 1 heterocycles. The van der Waals surface area contributed by atoms with E-state index in [0.29, 0.717) is 11.8 Å². The van der Waals surface area contributed by atoms with Crippen LogP contribution in [0.15, 0.2) is 59.4 Å². The zero-order valence-electron chi connectivity index (χ0n) is 16.7. The fourth-order valence-electron chi connectivity index (χ4n) is 3.09. The van der Waals surface area contributed by atoms with Crippen molar-refractivity contribution in [2.75, 3.05) is 19.8 Å². The quantitative estimate of drug-likeness (QED) is 0.550. The van der Waals surface area contributed by atoms with Gasteiger partial charge in [0.25, 0.3) is 11.5 Å². The molecule has 0 spiro atoms. The van der Waals surface area contributed by atoms with E-state index < -0.39 is 23.2 Å². The lowest BCUT2D eigenvalue weighted by atomic mass is 10.1. The average Bonchev–Trinajstić information content (AvgIpc) is 2.74. The highest BCUT2D eigenvalue weighted by molar-refractivity contribution is 5.84. The number of pyridine rings is 1. The van der Waals surface area contributed by atoms with E-state index in [1.165, 1.54) is 22.8 Å². The van der Waals surface area contributed by atoms with Crippen molar-refractivity contribution in [2.24, 2.45) is 0 Å². The number of alkyl halides is 3. The highest BCUT2D eigenvalue weighted by Crippen LogP contribution is 2.34. The molecule has 164 valence electrons. The number of rotatable bonds is 8. The Balaban J connectivity index is 1.64. The number of para-hydroxylation sites is 1. The second kappa shape index (κ2) is 9.55. The van der Waals surface area contributed by atoms with Gasteiger partial charge in [-0.1, -0.05) is 18.2 Å². The van der Waals surface area contributed by atoms with Gasteiger partial charge in [0, 0.05) is 24.1 Å². The number of aromatic nitrogens is 1. The van der Waals surface area contributed by atoms with E-state index in [1.54, 1.807) is 19.1 Å². The van der Waals surface area contributed by atoms with Crippen molar-refractivity contribution in [1.82, 2.24) is 9.88 Å². The summed E-state index contributed by atoms with van der Waals surface area (Å²) >= 11 is 0. The fourth-order valence-corrected chi connectivity index (χ4v) is 3.09. The molecule has 3 rings (SSSR count). The number of carbonyl (C=O) groups is 1. The predicted molar refractivity (Wildman–Crippen MR) is 109 cm³/mol. The minimum Gasteiger partial charge on any atom is -0.492 e. The topological polar surface area (TPSA) is 69.6 Å². The summed E-state index contributed by atoms with van der Waals surface area (Å²) in [7, 11) is 0. The normalized spacial score (nSPS) is 11.4. The molecular weight excluding hydrogens is 413 g/mol. The Morgan fingerprint density at radius 1 is 1.03 bits per heavy atom. The third-order valence-electron chi connectivity index (χ3n) is 4.51. The molecule has 1 aromatic heterocycles. The van der Waals surface area contributed by atoms with Crippen molar-refractivity contribution in [3.8, 4) is 11.5 Å². The molecule has 0 saturated heterocycles. The van der Waals surface area contributed by atoms with Crippen molar-refractivity contribution in [3.63, 3.8) is 0 Å². The lowest BCUT2D eigenvalue weighted by Crippen LogP contribution is -2.32. The highest BCUT2D eigenvalue weighted by Gasteiger charge is 2.33. The second-order valence-electron chi connectivity index (χ2n) is 6.62. The first-order valence-electron chi connectivity index (χ1n) is 9.61. The van der Waals surface area contributed by atoms with Crippen LogP contribution in [0.25, 0.3) is 10.9 Å². The number of hydrogen-bond acceptors (Lipinski definition) is 4. The molecule has 0 radical (unpaired) electrons. The third kappa shape index (κ3) is 5.56. The van der Waals surface area contributed by atoms with Gasteiger partial charge < -0.3 is 19.4 Å². The van der Waals surface area contributed by atoms with Crippen LogP contribution < -0.4 is 20.3 Å². The van der Waals surface area contributed by atoms with Gasteiger partial charge in [-0.25, -0.2) is 0 Å². The predicted octanol–water partition coefficient (Wildman–Crippen LogP) is 3.61. The van der Waals surface area contributed by atoms with Gasteiger partial charge in [-0.2, -0.15) is 13.2 Å². The molecule has 0 bridgehead atoms. The van der Waals surface area contributed by atoms with E-state index in [2.05, 4.69) is 5.32 Å². The van der Waals surface area contributed by atoms with E-state index in [1.807, 2.05) is 18.2 Å². The smallest absolute Gasteiger partial charge is 0.417 e. The summed E-state index contributed by atoms with van der Waals surface area (Å²) in [6, 6.07) is 13.6. The Hall–Kier alpha value is -3.49. The molecule has 0 fully saturated rings. The maximum atomic E-state index is 13.3. The molecule has 1 N–H and O–H groups in total. The molecule has 0 aliphatic heterocycles. The second-order valence-corrected chi connectivity index (χ2v) is 6.62. The van der Waals surface area contributed by atoms with Crippen molar-refractivity contribution in [3.05, 3.63) is 70.5 Å². The number of hydrogen-bond donors (Lipinski definition) is 1. The number of carbonyl (C=O) groups excluding carboxylic acids is 1. The van der Waals surface area contributed by atoms with E-state index >= 15 is 0 Å². The number of aryl methyl sites for hydroxylation is 1. The molecule has 6 nitrogen and oxygen atoms in total. The fraction of sp³-hybridized carbons (Fsp3) is 0.273. The Bertz CT molecular complexity index is 1110. The minimum atomic E-state index is -4.66. The Labute approximate surface area is 176 Å². The summed E-state index contributed by atoms with van der Waals surface area (Å²) in [4.78, 5) is 24.1. The lowest BCUT2D eigenvalue weighted by Gasteiger charge is -2.15. The molecule has 0 aliphatic carbocycles. The Morgan fingerprint density at radius 3 is 2.45 bits per heavy atom. The van der Waals surface area contributed by atoms with Crippen LogP contribution in [0.3, 0.4) is 0 Å². The molecule has 31 heavy (non-hydrogen) atoms. The molecule has 0 saturated carbocycles. The molecule has 2 aromatic carbocycles. The zero-order valence-corrected chi connectivity index (χ0v) is 16.7. The maximum Gasteiger partial charge on any atom is 0.417 e. The summed E-state index contributed by atoms with van der Waals surface area (Å²) in [6.07, 6.45) is -4.66. The summed E-state index contributed by atoms with van der Waals surface area (Å²) in [6.45, 7) is 2.06. The van der Waals surface area contributed by atoms with Crippen LogP contribution in [0.4, 0.5) is 13.2 Å². The number of fused-ring (bicyclic) bond motifs is 1. The summed E-state index contributed by atoms with van der Waals surface area (Å²) < 4.78 is 52.0. The SMILES string of the molecule is CCn1c(=O)cc(C(F)(F)F)c2ccc(OCC(=O)NCCOc3ccccc3)cc21. The maximum absolute atomic E-state index is 13.3. The van der Waals surface area contributed by atoms with Crippen molar-refractivity contribution < 1.29 is 27.4 Å². The zero-order chi connectivity index (χ0) is 22.4. The van der Waals surface area contributed by atoms with Crippen LogP contribution >= 0.6 is 0 Å². The third-order valence-corrected chi connectivity index (χ3v) is 4.51. The lowest BCUT2D eigenvalue weighted by molar-refractivity contribution is -0.136. The Kier molecular flexibility index (Phi) is 6.84. The first kappa shape index (κ1) is 22.2. The van der Waals surface area contributed by atoms with Crippen LogP contribution in [0.2, 0.25) is 0 Å². The van der Waals surface area contributed by atoms with Crippen LogP contribution in [-0.4, -0.2) is 30.2 Å².